The normalized spacial score (nSPS) is 13.0. The first-order valence-electron chi connectivity index (χ1n) is 7.47. The molecule has 0 radical (unpaired) electrons. The molecule has 0 saturated heterocycles. The van der Waals surface area contributed by atoms with Gasteiger partial charge in [0, 0.05) is 30.6 Å². The zero-order chi connectivity index (χ0) is 17.6. The van der Waals surface area contributed by atoms with E-state index in [0.717, 1.165) is 16.1 Å². The van der Waals surface area contributed by atoms with Crippen molar-refractivity contribution in [1.29, 1.82) is 0 Å². The quantitative estimate of drug-likeness (QED) is 0.262. The molecule has 0 aliphatic heterocycles. The topological polar surface area (TPSA) is 87.9 Å². The molecule has 0 aliphatic carbocycles. The lowest BCUT2D eigenvalue weighted by Crippen LogP contribution is -2.33. The Hall–Kier alpha value is -1.84. The molecule has 24 heavy (non-hydrogen) atoms. The van der Waals surface area contributed by atoms with Gasteiger partial charge in [-0.1, -0.05) is 0 Å². The van der Waals surface area contributed by atoms with E-state index in [1.54, 1.807) is 6.21 Å². The average molecular weight is 369 g/mol. The van der Waals surface area contributed by atoms with Gasteiger partial charge in [-0.2, -0.15) is 13.5 Å². The van der Waals surface area contributed by atoms with E-state index in [1.165, 1.54) is 11.3 Å². The van der Waals surface area contributed by atoms with E-state index in [4.69, 9.17) is 4.55 Å². The van der Waals surface area contributed by atoms with Crippen molar-refractivity contribution < 1.29 is 17.5 Å². The molecule has 0 amide bonds. The molecule has 0 spiro atoms. The number of hydrogen-bond donors (Lipinski definition) is 1. The minimum Gasteiger partial charge on any atom is -0.323 e. The van der Waals surface area contributed by atoms with Gasteiger partial charge in [-0.05, 0) is 19.4 Å². The monoisotopic (exact) mass is 369 g/mol. The molecule has 130 valence electrons. The number of aromatic nitrogens is 2. The Bertz CT molecular complexity index is 882. The maximum Gasteiger partial charge on any atom is 0.264 e. The Balaban J connectivity index is 1.96. The van der Waals surface area contributed by atoms with E-state index in [-0.39, 0.29) is 5.75 Å². The van der Waals surface area contributed by atoms with Crippen molar-refractivity contribution in [2.75, 3.05) is 5.75 Å². The van der Waals surface area contributed by atoms with E-state index in [0.29, 0.717) is 19.4 Å². The molecule has 0 atom stereocenters. The van der Waals surface area contributed by atoms with Gasteiger partial charge in [0.05, 0.1) is 17.5 Å². The van der Waals surface area contributed by atoms with Crippen LogP contribution in [0, 0.1) is 6.92 Å². The zero-order valence-electron chi connectivity index (χ0n) is 13.7. The van der Waals surface area contributed by atoms with Crippen LogP contribution < -0.4 is 9.37 Å². The Morgan fingerprint density at radius 3 is 2.88 bits per heavy atom. The van der Waals surface area contributed by atoms with Gasteiger partial charge in [0.1, 0.15) is 6.54 Å². The molecule has 0 aromatic carbocycles. The maximum absolute atomic E-state index is 10.7. The molecule has 1 N–H and O–H groups in total. The van der Waals surface area contributed by atoms with Crippen LogP contribution in [0.15, 0.2) is 40.1 Å². The lowest BCUT2D eigenvalue weighted by molar-refractivity contribution is -0.697. The largest absolute Gasteiger partial charge is 0.323 e. The smallest absolute Gasteiger partial charge is 0.264 e. The van der Waals surface area contributed by atoms with Crippen molar-refractivity contribution >= 4 is 27.7 Å². The van der Waals surface area contributed by atoms with Crippen molar-refractivity contribution in [2.45, 2.75) is 26.3 Å². The third kappa shape index (κ3) is 5.99. The first kappa shape index (κ1) is 18.5. The number of rotatable bonds is 7. The summed E-state index contributed by atoms with van der Waals surface area (Å²) in [6.45, 7) is 2.69. The molecule has 7 nitrogen and oxygen atoms in total. The Labute approximate surface area is 145 Å². The first-order valence-corrected chi connectivity index (χ1v) is 9.96. The van der Waals surface area contributed by atoms with Gasteiger partial charge < -0.3 is 4.57 Å². The van der Waals surface area contributed by atoms with Crippen LogP contribution in [0.5, 0.6) is 0 Å². The maximum atomic E-state index is 10.7. The van der Waals surface area contributed by atoms with Crippen molar-refractivity contribution in [3.8, 4) is 0 Å². The fraction of sp³-hybridized carbons (Fsp3) is 0.400. The molecule has 2 rings (SSSR count). The molecule has 0 fully saturated rings. The van der Waals surface area contributed by atoms with E-state index in [9.17, 15) is 8.42 Å². The number of nitrogens with zero attached hydrogens (tertiary/aromatic N) is 4. The Morgan fingerprint density at radius 2 is 2.21 bits per heavy atom. The molecular weight excluding hydrogens is 348 g/mol. The summed E-state index contributed by atoms with van der Waals surface area (Å²) in [6, 6.07) is 3.83. The number of pyridine rings is 1. The van der Waals surface area contributed by atoms with Crippen LogP contribution in [0.4, 0.5) is 0 Å². The highest BCUT2D eigenvalue weighted by atomic mass is 32.2. The van der Waals surface area contributed by atoms with Crippen LogP contribution in [0.25, 0.3) is 0 Å². The Morgan fingerprint density at radius 1 is 1.42 bits per heavy atom. The molecule has 2 aromatic rings. The molecule has 0 saturated carbocycles. The van der Waals surface area contributed by atoms with E-state index in [1.807, 2.05) is 53.0 Å². The van der Waals surface area contributed by atoms with Crippen molar-refractivity contribution in [1.82, 2.24) is 4.57 Å². The molecule has 0 aliphatic rings. The SMILES string of the molecule is Cc1csc(=NN=Cc2ccc[n+](CCCCS(=O)(=O)O)c2)n1C. The number of thiazole rings is 1. The summed E-state index contributed by atoms with van der Waals surface area (Å²) < 4.78 is 34.0. The summed E-state index contributed by atoms with van der Waals surface area (Å²) in [4.78, 5) is 0.831. The summed E-state index contributed by atoms with van der Waals surface area (Å²) in [7, 11) is -1.92. The number of aryl methyl sites for hydroxylation is 2. The van der Waals surface area contributed by atoms with Gasteiger partial charge in [-0.15, -0.1) is 16.4 Å². The summed E-state index contributed by atoms with van der Waals surface area (Å²) in [5.41, 5.74) is 2.04. The lowest BCUT2D eigenvalue weighted by Gasteiger charge is -1.98. The second-order valence-corrected chi connectivity index (χ2v) is 7.84. The molecular formula is C15H21N4O3S2+. The average Bonchev–Trinajstić information content (AvgIpc) is 2.83. The molecule has 9 heteroatoms. The molecule has 2 heterocycles. The van der Waals surface area contributed by atoms with Gasteiger partial charge in [0.25, 0.3) is 10.1 Å². The molecule has 0 unspecified atom stereocenters. The highest BCUT2D eigenvalue weighted by molar-refractivity contribution is 7.85. The van der Waals surface area contributed by atoms with E-state index in [2.05, 4.69) is 10.2 Å². The fourth-order valence-corrected chi connectivity index (χ4v) is 3.42. The third-order valence-electron chi connectivity index (χ3n) is 3.45. The molecule has 2 aromatic heterocycles. The highest BCUT2D eigenvalue weighted by Gasteiger charge is 2.06. The van der Waals surface area contributed by atoms with Gasteiger partial charge in [0.15, 0.2) is 12.4 Å². The minimum atomic E-state index is -3.87. The highest BCUT2D eigenvalue weighted by Crippen LogP contribution is 1.97. The van der Waals surface area contributed by atoms with Crippen LogP contribution in [-0.4, -0.2) is 29.5 Å². The fourth-order valence-electron chi connectivity index (χ4n) is 2.02. The van der Waals surface area contributed by atoms with E-state index < -0.39 is 10.1 Å². The summed E-state index contributed by atoms with van der Waals surface area (Å²) in [6.07, 6.45) is 6.61. The van der Waals surface area contributed by atoms with Gasteiger partial charge in [0.2, 0.25) is 4.80 Å². The first-order chi connectivity index (χ1) is 11.3. The summed E-state index contributed by atoms with van der Waals surface area (Å²) in [5.74, 6) is -0.204. The van der Waals surface area contributed by atoms with Crippen molar-refractivity contribution in [3.05, 3.63) is 46.0 Å². The number of hydrogen-bond acceptors (Lipinski definition) is 5. The standard InChI is InChI=1S/C15H20N4O3S2/c1-13-12-23-15(18(13)2)17-16-10-14-6-5-8-19(11-14)7-3-4-9-24(20,21)22/h5-6,8,10-12H,3-4,7,9H2,1-2H3/p+1. The second kappa shape index (κ2) is 8.32. The van der Waals surface area contributed by atoms with Crippen LogP contribution in [-0.2, 0) is 23.7 Å². The van der Waals surface area contributed by atoms with Crippen molar-refractivity contribution in [3.63, 3.8) is 0 Å². The summed E-state index contributed by atoms with van der Waals surface area (Å²) >= 11 is 1.54. The van der Waals surface area contributed by atoms with Gasteiger partial charge >= 0.3 is 0 Å². The van der Waals surface area contributed by atoms with Crippen LogP contribution in [0.3, 0.4) is 0 Å². The van der Waals surface area contributed by atoms with E-state index >= 15 is 0 Å². The van der Waals surface area contributed by atoms with Crippen LogP contribution in [0.1, 0.15) is 24.1 Å². The van der Waals surface area contributed by atoms with Gasteiger partial charge in [-0.3, -0.25) is 4.55 Å². The predicted molar refractivity (Wildman–Crippen MR) is 93.5 cm³/mol. The second-order valence-electron chi connectivity index (χ2n) is 5.43. The molecule has 0 bridgehead atoms. The van der Waals surface area contributed by atoms with Crippen LogP contribution >= 0.6 is 11.3 Å². The van der Waals surface area contributed by atoms with Crippen molar-refractivity contribution in [2.24, 2.45) is 17.3 Å². The van der Waals surface area contributed by atoms with Gasteiger partial charge in [-0.25, -0.2) is 4.57 Å². The third-order valence-corrected chi connectivity index (χ3v) is 5.28. The summed E-state index contributed by atoms with van der Waals surface area (Å²) in [5, 5.41) is 10.3. The predicted octanol–water partition coefficient (Wildman–Crippen LogP) is 1.29. The van der Waals surface area contributed by atoms with Crippen LogP contribution in [0.2, 0.25) is 0 Å². The number of unbranched alkanes of at least 4 members (excludes halogenated alkanes) is 1. The minimum absolute atomic E-state index is 0.204. The zero-order valence-corrected chi connectivity index (χ0v) is 15.3. The Kier molecular flexibility index (Phi) is 6.41. The lowest BCUT2D eigenvalue weighted by atomic mass is 10.3.